The summed E-state index contributed by atoms with van der Waals surface area (Å²) >= 11 is 0.0367. The first-order valence-corrected chi connectivity index (χ1v) is 15.0. The van der Waals surface area contributed by atoms with Crippen molar-refractivity contribution >= 4 is 41.4 Å². The average molecular weight is 475 g/mol. The minimum atomic E-state index is -3.92. The Bertz CT molecular complexity index is 429. The molecule has 0 heterocycles. The Labute approximate surface area is 151 Å². The van der Waals surface area contributed by atoms with Crippen molar-refractivity contribution in [3.63, 3.8) is 0 Å². The van der Waals surface area contributed by atoms with E-state index in [4.69, 9.17) is 25.9 Å². The third-order valence-corrected chi connectivity index (χ3v) is 9.67. The quantitative estimate of drug-likeness (QED) is 0.448. The van der Waals surface area contributed by atoms with Gasteiger partial charge in [-0.2, -0.15) is 0 Å². The molecule has 0 N–H and O–H groups in total. The van der Waals surface area contributed by atoms with Crippen LogP contribution < -0.4 is 0 Å². The molecule has 23 heavy (non-hydrogen) atoms. The molecule has 0 aromatic heterocycles. The maximum absolute atomic E-state index is 9.08. The van der Waals surface area contributed by atoms with Crippen LogP contribution in [0.2, 0.25) is 7.87 Å². The van der Waals surface area contributed by atoms with Crippen LogP contribution in [0.3, 0.4) is 0 Å². The van der Waals surface area contributed by atoms with E-state index in [1.54, 1.807) is 64.2 Å². The van der Waals surface area contributed by atoms with Crippen LogP contribution in [0.4, 0.5) is 0 Å². The van der Waals surface area contributed by atoms with Crippen molar-refractivity contribution in [3.05, 3.63) is 0 Å². The summed E-state index contributed by atoms with van der Waals surface area (Å²) in [5, 5.41) is 0. The molecule has 0 aromatic rings. The third-order valence-electron chi connectivity index (χ3n) is 3.68. The van der Waals surface area contributed by atoms with Crippen LogP contribution in [-0.4, -0.2) is 59.6 Å². The standard InChI is InChI=1S/2C6H11.2CH4O3S.Sn/c2*1-2-4-6-5-3-1;2*1-5(2,3)4;/h2*1H,2-6H2;2*1H3,(H,2,3,4);/q;;;;+2/p-2. The van der Waals surface area contributed by atoms with Gasteiger partial charge in [0.05, 0.1) is 20.2 Å². The maximum atomic E-state index is 9.08. The zero-order valence-corrected chi connectivity index (χ0v) is 18.5. The van der Waals surface area contributed by atoms with E-state index in [2.05, 4.69) is 0 Å². The van der Waals surface area contributed by atoms with Gasteiger partial charge in [-0.3, -0.25) is 0 Å². The molecule has 0 bridgehead atoms. The van der Waals surface area contributed by atoms with E-state index in [1.807, 2.05) is 0 Å². The number of hydrogen-bond acceptors (Lipinski definition) is 6. The van der Waals surface area contributed by atoms with E-state index in [9.17, 15) is 0 Å². The van der Waals surface area contributed by atoms with Gasteiger partial charge in [0.25, 0.3) is 0 Å². The Morgan fingerprint density at radius 1 is 0.652 bits per heavy atom. The average Bonchev–Trinajstić information content (AvgIpc) is 2.37. The van der Waals surface area contributed by atoms with Crippen LogP contribution in [0.1, 0.15) is 64.2 Å². The predicted octanol–water partition coefficient (Wildman–Crippen LogP) is 2.52. The van der Waals surface area contributed by atoms with Gasteiger partial charge in [-0.1, -0.05) is 0 Å². The fraction of sp³-hybridized carbons (Fsp3) is 1.00. The Hall–Kier alpha value is 0.619. The molecule has 0 unspecified atom stereocenters. The molecule has 0 radical (unpaired) electrons. The Morgan fingerprint density at radius 3 is 1.09 bits per heavy atom. The largest absolute Gasteiger partial charge is 0.748 e. The second kappa shape index (κ2) is 12.1. The maximum Gasteiger partial charge on any atom is 0.0916 e. The van der Waals surface area contributed by atoms with Gasteiger partial charge in [0.1, 0.15) is 0 Å². The summed E-state index contributed by atoms with van der Waals surface area (Å²) in [4.78, 5) is 0. The first kappa shape index (κ1) is 23.6. The molecule has 2 aliphatic rings. The number of rotatable bonds is 2. The predicted molar refractivity (Wildman–Crippen MR) is 90.7 cm³/mol. The van der Waals surface area contributed by atoms with Gasteiger partial charge in [-0.25, -0.2) is 16.8 Å². The van der Waals surface area contributed by atoms with Gasteiger partial charge in [-0.05, 0) is 0 Å². The van der Waals surface area contributed by atoms with Crippen LogP contribution >= 0.6 is 0 Å². The van der Waals surface area contributed by atoms with E-state index < -0.39 is 20.2 Å². The van der Waals surface area contributed by atoms with Crippen LogP contribution in [-0.2, 0) is 20.2 Å². The molecule has 136 valence electrons. The molecule has 0 atom stereocenters. The van der Waals surface area contributed by atoms with Gasteiger partial charge < -0.3 is 9.11 Å². The summed E-state index contributed by atoms with van der Waals surface area (Å²) in [7, 11) is -7.83. The van der Waals surface area contributed by atoms with Crippen LogP contribution in [0.5, 0.6) is 0 Å². The smallest absolute Gasteiger partial charge is 0.0916 e. The van der Waals surface area contributed by atoms with E-state index in [-0.39, 0.29) is 21.1 Å². The van der Waals surface area contributed by atoms with Crippen molar-refractivity contribution in [2.24, 2.45) is 0 Å². The summed E-state index contributed by atoms with van der Waals surface area (Å²) in [6.45, 7) is 0. The molecule has 0 saturated heterocycles. The molecule has 2 rings (SSSR count). The van der Waals surface area contributed by atoms with Gasteiger partial charge in [0, 0.05) is 12.5 Å². The topological polar surface area (TPSA) is 114 Å². The van der Waals surface area contributed by atoms with Crippen molar-refractivity contribution in [1.29, 1.82) is 0 Å². The SMILES string of the molecule is C1CC[CH]([Sn+2][CH]2CCCCC2)CC1.CS(=O)(=O)[O-].CS(=O)(=O)[O-]. The second-order valence-electron chi connectivity index (χ2n) is 6.24. The minimum absolute atomic E-state index is 0.0367. The van der Waals surface area contributed by atoms with Gasteiger partial charge >= 0.3 is 93.2 Å². The Kier molecular flexibility index (Phi) is 12.4. The molecule has 0 aromatic carbocycles. The van der Waals surface area contributed by atoms with Gasteiger partial charge in [0.2, 0.25) is 0 Å². The molecule has 2 saturated carbocycles. The molecular formula is C14H28O6S2Sn. The van der Waals surface area contributed by atoms with Crippen LogP contribution in [0.15, 0.2) is 0 Å². The van der Waals surface area contributed by atoms with Crippen molar-refractivity contribution in [3.8, 4) is 0 Å². The molecule has 9 heteroatoms. The summed E-state index contributed by atoms with van der Waals surface area (Å²) in [5.74, 6) is 0. The first-order valence-electron chi connectivity index (χ1n) is 8.03. The fourth-order valence-corrected chi connectivity index (χ4v) is 9.01. The zero-order valence-electron chi connectivity index (χ0n) is 14.0. The fourth-order valence-electron chi connectivity index (χ4n) is 2.87. The van der Waals surface area contributed by atoms with E-state index in [0.717, 1.165) is 0 Å². The molecule has 2 fully saturated rings. The van der Waals surface area contributed by atoms with Gasteiger partial charge in [-0.15, -0.1) is 0 Å². The Morgan fingerprint density at radius 2 is 0.870 bits per heavy atom. The van der Waals surface area contributed by atoms with Crippen LogP contribution in [0.25, 0.3) is 0 Å². The summed E-state index contributed by atoms with van der Waals surface area (Å²) < 4.78 is 57.0. The molecule has 6 nitrogen and oxygen atoms in total. The third kappa shape index (κ3) is 22.6. The number of hydrogen-bond donors (Lipinski definition) is 0. The minimum Gasteiger partial charge on any atom is -0.748 e. The van der Waals surface area contributed by atoms with Gasteiger partial charge in [0.15, 0.2) is 0 Å². The normalized spacial score (nSPS) is 20.3. The Balaban J connectivity index is 0.000000406. The molecule has 2 aliphatic carbocycles. The van der Waals surface area contributed by atoms with E-state index in [1.165, 1.54) is 7.87 Å². The van der Waals surface area contributed by atoms with E-state index >= 15 is 0 Å². The van der Waals surface area contributed by atoms with Crippen molar-refractivity contribution in [2.75, 3.05) is 12.5 Å². The second-order valence-corrected chi connectivity index (χ2v) is 14.7. The van der Waals surface area contributed by atoms with E-state index in [0.29, 0.717) is 12.5 Å². The van der Waals surface area contributed by atoms with Crippen molar-refractivity contribution < 1.29 is 25.9 Å². The zero-order chi connectivity index (χ0) is 17.9. The first-order chi connectivity index (χ1) is 10.4. The molecule has 0 aliphatic heterocycles. The summed E-state index contributed by atoms with van der Waals surface area (Å²) in [5.41, 5.74) is 0. The molecule has 0 amide bonds. The monoisotopic (exact) mass is 476 g/mol. The molecular weight excluding hydrogens is 447 g/mol. The molecule has 0 spiro atoms. The summed E-state index contributed by atoms with van der Waals surface area (Å²) in [6, 6.07) is 0. The summed E-state index contributed by atoms with van der Waals surface area (Å²) in [6.07, 6.45) is 17.1. The van der Waals surface area contributed by atoms with Crippen molar-refractivity contribution in [2.45, 2.75) is 72.1 Å². The van der Waals surface area contributed by atoms with Crippen LogP contribution in [0, 0.1) is 0 Å². The van der Waals surface area contributed by atoms with Crippen molar-refractivity contribution in [1.82, 2.24) is 0 Å².